The smallest absolute Gasteiger partial charge is 0.344 e. The molecule has 0 unspecified atom stereocenters. The lowest BCUT2D eigenvalue weighted by Gasteiger charge is -2.28. The molecule has 3 aromatic heterocycles. The van der Waals surface area contributed by atoms with Crippen molar-refractivity contribution in [2.45, 2.75) is 6.92 Å². The average molecular weight is 472 g/mol. The minimum atomic E-state index is -0.503. The van der Waals surface area contributed by atoms with Gasteiger partial charge >= 0.3 is 5.97 Å². The van der Waals surface area contributed by atoms with Crippen LogP contribution in [0, 0.1) is 0 Å². The van der Waals surface area contributed by atoms with E-state index in [1.54, 1.807) is 30.2 Å². The first-order valence-electron chi connectivity index (χ1n) is 11.4. The van der Waals surface area contributed by atoms with Crippen molar-refractivity contribution < 1.29 is 14.3 Å². The molecule has 4 heterocycles. The molecule has 178 valence electrons. The van der Waals surface area contributed by atoms with Crippen LogP contribution in [-0.4, -0.2) is 63.6 Å². The summed E-state index contributed by atoms with van der Waals surface area (Å²) < 4.78 is 12.7. The lowest BCUT2D eigenvalue weighted by molar-refractivity contribution is 0.0527. The highest BCUT2D eigenvalue weighted by atomic mass is 16.5. The molecule has 4 aromatic rings. The molecule has 35 heavy (non-hydrogen) atoms. The van der Waals surface area contributed by atoms with E-state index in [4.69, 9.17) is 19.4 Å². The second-order valence-corrected chi connectivity index (χ2v) is 7.78. The maximum Gasteiger partial charge on any atom is 0.344 e. The van der Waals surface area contributed by atoms with Crippen molar-refractivity contribution in [3.63, 3.8) is 0 Å². The molecule has 0 saturated carbocycles. The molecular formula is C25H25N7O3. The van der Waals surface area contributed by atoms with Crippen molar-refractivity contribution in [3.8, 4) is 16.9 Å². The van der Waals surface area contributed by atoms with E-state index in [9.17, 15) is 4.79 Å². The SMILES string of the molecule is CCOC(=O)c1c(Nc2ccncc2)nc(N2CCOCC2)nc1-c1cccc(-n2cccn2)c1. The average Bonchev–Trinajstić information content (AvgIpc) is 3.45. The number of hydrogen-bond donors (Lipinski definition) is 1. The van der Waals surface area contributed by atoms with Crippen LogP contribution in [0.5, 0.6) is 0 Å². The second kappa shape index (κ2) is 10.3. The maximum absolute atomic E-state index is 13.2. The number of esters is 1. The molecule has 0 radical (unpaired) electrons. The van der Waals surface area contributed by atoms with Crippen molar-refractivity contribution >= 4 is 23.4 Å². The summed E-state index contributed by atoms with van der Waals surface area (Å²) in [6.45, 7) is 4.47. The minimum absolute atomic E-state index is 0.228. The third-order valence-electron chi connectivity index (χ3n) is 5.50. The van der Waals surface area contributed by atoms with Gasteiger partial charge in [0.25, 0.3) is 0 Å². The summed E-state index contributed by atoms with van der Waals surface area (Å²) in [5.41, 5.74) is 3.07. The number of anilines is 3. The molecule has 1 N–H and O–H groups in total. The van der Waals surface area contributed by atoms with Crippen LogP contribution in [0.1, 0.15) is 17.3 Å². The fraction of sp³-hybridized carbons (Fsp3) is 0.240. The summed E-state index contributed by atoms with van der Waals surface area (Å²) >= 11 is 0. The van der Waals surface area contributed by atoms with Gasteiger partial charge in [-0.2, -0.15) is 10.1 Å². The first-order chi connectivity index (χ1) is 17.2. The van der Waals surface area contributed by atoms with Gasteiger partial charge in [0.2, 0.25) is 5.95 Å². The van der Waals surface area contributed by atoms with Gasteiger partial charge < -0.3 is 19.7 Å². The summed E-state index contributed by atoms with van der Waals surface area (Å²) in [6, 6.07) is 13.2. The van der Waals surface area contributed by atoms with Gasteiger partial charge in [0.05, 0.1) is 31.2 Å². The summed E-state index contributed by atoms with van der Waals surface area (Å²) in [4.78, 5) is 29.0. The van der Waals surface area contributed by atoms with Gasteiger partial charge in [-0.1, -0.05) is 12.1 Å². The van der Waals surface area contributed by atoms with Gasteiger partial charge in [-0.25, -0.2) is 14.5 Å². The Morgan fingerprint density at radius 1 is 1.09 bits per heavy atom. The van der Waals surface area contributed by atoms with Gasteiger partial charge in [0.15, 0.2) is 5.82 Å². The fourth-order valence-electron chi connectivity index (χ4n) is 3.84. The molecule has 10 nitrogen and oxygen atoms in total. The lowest BCUT2D eigenvalue weighted by Crippen LogP contribution is -2.37. The van der Waals surface area contributed by atoms with E-state index in [1.165, 1.54) is 0 Å². The quantitative estimate of drug-likeness (QED) is 0.405. The van der Waals surface area contributed by atoms with E-state index < -0.39 is 5.97 Å². The zero-order valence-corrected chi connectivity index (χ0v) is 19.3. The number of benzene rings is 1. The van der Waals surface area contributed by atoms with E-state index in [-0.39, 0.29) is 12.2 Å². The number of aromatic nitrogens is 5. The van der Waals surface area contributed by atoms with Gasteiger partial charge in [0, 0.05) is 49.1 Å². The van der Waals surface area contributed by atoms with Crippen LogP contribution in [0.3, 0.4) is 0 Å². The number of carbonyl (C=O) groups excluding carboxylic acids is 1. The number of rotatable bonds is 7. The van der Waals surface area contributed by atoms with Crippen LogP contribution in [0.25, 0.3) is 16.9 Å². The molecule has 0 atom stereocenters. The van der Waals surface area contributed by atoms with E-state index in [0.717, 1.165) is 16.9 Å². The molecule has 0 bridgehead atoms. The fourth-order valence-corrected chi connectivity index (χ4v) is 3.84. The maximum atomic E-state index is 13.2. The summed E-state index contributed by atoms with van der Waals surface area (Å²) in [6.07, 6.45) is 6.92. The third-order valence-corrected chi connectivity index (χ3v) is 5.50. The Bertz CT molecular complexity index is 1290. The predicted octanol–water partition coefficient (Wildman–Crippen LogP) is 3.48. The van der Waals surface area contributed by atoms with Crippen molar-refractivity contribution in [2.75, 3.05) is 43.1 Å². The minimum Gasteiger partial charge on any atom is -0.462 e. The lowest BCUT2D eigenvalue weighted by atomic mass is 10.0. The molecule has 0 spiro atoms. The van der Waals surface area contributed by atoms with Crippen molar-refractivity contribution in [1.29, 1.82) is 0 Å². The van der Waals surface area contributed by atoms with E-state index in [1.807, 2.05) is 48.7 Å². The number of hydrogen-bond acceptors (Lipinski definition) is 9. The molecule has 5 rings (SSSR count). The van der Waals surface area contributed by atoms with E-state index >= 15 is 0 Å². The largest absolute Gasteiger partial charge is 0.462 e. The molecule has 0 aliphatic carbocycles. The monoisotopic (exact) mass is 471 g/mol. The first-order valence-corrected chi connectivity index (χ1v) is 11.4. The topological polar surface area (TPSA) is 107 Å². The molecule has 10 heteroatoms. The zero-order chi connectivity index (χ0) is 24.0. The van der Waals surface area contributed by atoms with Gasteiger partial charge in [0.1, 0.15) is 5.56 Å². The standard InChI is InChI=1S/C25H25N7O3/c1-2-35-24(33)21-22(18-5-3-6-20(17-18)32-12-4-9-27-32)29-25(31-13-15-34-16-14-31)30-23(21)28-19-7-10-26-11-8-19/h3-12,17H,2,13-16H2,1H3,(H,26,28,29,30). The Balaban J connectivity index is 1.69. The molecule has 1 aromatic carbocycles. The predicted molar refractivity (Wildman–Crippen MR) is 131 cm³/mol. The van der Waals surface area contributed by atoms with Gasteiger partial charge in [-0.15, -0.1) is 0 Å². The highest BCUT2D eigenvalue weighted by Gasteiger charge is 2.26. The van der Waals surface area contributed by atoms with Crippen LogP contribution < -0.4 is 10.2 Å². The van der Waals surface area contributed by atoms with Crippen LogP contribution in [0.15, 0.2) is 67.3 Å². The molecule has 1 fully saturated rings. The van der Waals surface area contributed by atoms with Gasteiger partial charge in [-0.05, 0) is 37.3 Å². The van der Waals surface area contributed by atoms with Crippen LogP contribution >= 0.6 is 0 Å². The van der Waals surface area contributed by atoms with Crippen molar-refractivity contribution in [2.24, 2.45) is 0 Å². The molecule has 1 aliphatic heterocycles. The molecule has 1 saturated heterocycles. The highest BCUT2D eigenvalue weighted by molar-refractivity contribution is 6.02. The molecule has 1 aliphatic rings. The summed E-state index contributed by atoms with van der Waals surface area (Å²) in [5, 5.41) is 7.60. The number of pyridine rings is 1. The summed E-state index contributed by atoms with van der Waals surface area (Å²) in [7, 11) is 0. The third kappa shape index (κ3) is 4.97. The number of nitrogens with zero attached hydrogens (tertiary/aromatic N) is 6. The van der Waals surface area contributed by atoms with Crippen LogP contribution in [0.2, 0.25) is 0 Å². The Labute approximate surface area is 202 Å². The van der Waals surface area contributed by atoms with Crippen LogP contribution in [0.4, 0.5) is 17.5 Å². The van der Waals surface area contributed by atoms with E-state index in [0.29, 0.717) is 43.8 Å². The van der Waals surface area contributed by atoms with Gasteiger partial charge in [-0.3, -0.25) is 4.98 Å². The Morgan fingerprint density at radius 2 is 1.91 bits per heavy atom. The van der Waals surface area contributed by atoms with Crippen molar-refractivity contribution in [3.05, 3.63) is 72.8 Å². The Hall–Kier alpha value is -4.31. The van der Waals surface area contributed by atoms with Crippen molar-refractivity contribution in [1.82, 2.24) is 24.7 Å². The number of carbonyl (C=O) groups is 1. The number of nitrogens with one attached hydrogen (secondary N) is 1. The Kier molecular flexibility index (Phi) is 6.62. The highest BCUT2D eigenvalue weighted by Crippen LogP contribution is 2.32. The number of morpholine rings is 1. The van der Waals surface area contributed by atoms with Crippen LogP contribution in [-0.2, 0) is 9.47 Å². The Morgan fingerprint density at radius 3 is 2.66 bits per heavy atom. The number of ether oxygens (including phenoxy) is 2. The zero-order valence-electron chi connectivity index (χ0n) is 19.3. The van der Waals surface area contributed by atoms with E-state index in [2.05, 4.69) is 20.3 Å². The first kappa shape index (κ1) is 22.5. The summed E-state index contributed by atoms with van der Waals surface area (Å²) in [5.74, 6) is 0.375. The molecule has 0 amide bonds. The second-order valence-electron chi connectivity index (χ2n) is 7.78. The molecular weight excluding hydrogens is 446 g/mol. The normalized spacial score (nSPS) is 13.5.